The molecule has 0 spiro atoms. The molecule has 5 nitrogen and oxygen atoms in total. The average Bonchev–Trinajstić information content (AvgIpc) is 2.65. The summed E-state index contributed by atoms with van der Waals surface area (Å²) in [4.78, 5) is 10.6. The Labute approximate surface area is 205 Å². The molecule has 0 saturated heterocycles. The number of carboxylic acid groups (broad SMARTS) is 1. The molecule has 0 fully saturated rings. The summed E-state index contributed by atoms with van der Waals surface area (Å²) in [6.07, 6.45) is -2.94. The number of ether oxygens (including phenoxy) is 1. The third kappa shape index (κ3) is 8.20. The van der Waals surface area contributed by atoms with Gasteiger partial charge in [-0.15, -0.1) is 0 Å². The van der Waals surface area contributed by atoms with Crippen molar-refractivity contribution in [3.8, 4) is 16.9 Å². The Bertz CT molecular complexity index is 852. The third-order valence-electron chi connectivity index (χ3n) is 4.95. The quantitative estimate of drug-likeness (QED) is 0.522. The molecule has 164 valence electrons. The number of aliphatic hydroxyl groups excluding tert-OH is 2. The van der Waals surface area contributed by atoms with Gasteiger partial charge in [0.1, 0.15) is 18.2 Å². The number of aliphatic hydroxyl groups is 2. The van der Waals surface area contributed by atoms with E-state index in [0.29, 0.717) is 5.75 Å². The van der Waals surface area contributed by atoms with Gasteiger partial charge in [-0.3, -0.25) is 0 Å². The molecule has 2 aromatic carbocycles. The van der Waals surface area contributed by atoms with Crippen molar-refractivity contribution in [1.82, 2.24) is 0 Å². The monoisotopic (exact) mass is 440 g/mol. The van der Waals surface area contributed by atoms with Crippen LogP contribution in [0.25, 0.3) is 11.1 Å². The summed E-state index contributed by atoms with van der Waals surface area (Å²) in [5.41, 5.74) is 3.67. The van der Waals surface area contributed by atoms with Gasteiger partial charge in [-0.25, -0.2) is 4.39 Å². The van der Waals surface area contributed by atoms with Crippen LogP contribution in [0.4, 0.5) is 4.39 Å². The second kappa shape index (κ2) is 12.6. The number of benzene rings is 2. The van der Waals surface area contributed by atoms with Crippen molar-refractivity contribution >= 4 is 5.97 Å². The van der Waals surface area contributed by atoms with Crippen LogP contribution in [0.2, 0.25) is 0 Å². The zero-order chi connectivity index (χ0) is 22.4. The van der Waals surface area contributed by atoms with Gasteiger partial charge in [-0.2, -0.15) is 0 Å². The summed E-state index contributed by atoms with van der Waals surface area (Å²) in [5.74, 6) is -0.697. The number of hydrogen-bond acceptors (Lipinski definition) is 5. The van der Waals surface area contributed by atoms with Gasteiger partial charge in [0, 0.05) is 24.4 Å². The Morgan fingerprint density at radius 2 is 1.65 bits per heavy atom. The first-order valence-corrected chi connectivity index (χ1v) is 10.2. The summed E-state index contributed by atoms with van der Waals surface area (Å²) >= 11 is 0. The zero-order valence-electron chi connectivity index (χ0n) is 18.9. The van der Waals surface area contributed by atoms with Crippen LogP contribution >= 0.6 is 0 Å². The molecule has 0 bridgehead atoms. The molecule has 2 aromatic rings. The standard InChI is InChI=1S/C24H31FO5.Na/c1-14(2)17-9-21(15(3)4)24(22(10-17)16-5-7-18(25)8-6-16)30-13-20(27)11-19(26)12-23(28)29;/h5-10,14-15,19-20,26-27H,11-13H2,1-4H3,(H,28,29);/q;+1/p-1/t19-,20+;/m1./s1. The molecule has 0 aliphatic rings. The van der Waals surface area contributed by atoms with Crippen molar-refractivity contribution in [2.24, 2.45) is 0 Å². The fourth-order valence-electron chi connectivity index (χ4n) is 3.28. The van der Waals surface area contributed by atoms with Crippen molar-refractivity contribution < 1.29 is 58.8 Å². The van der Waals surface area contributed by atoms with Crippen LogP contribution in [0, 0.1) is 5.82 Å². The Hall–Kier alpha value is -1.44. The second-order valence-electron chi connectivity index (χ2n) is 8.23. The third-order valence-corrected chi connectivity index (χ3v) is 4.95. The van der Waals surface area contributed by atoms with E-state index in [9.17, 15) is 24.5 Å². The van der Waals surface area contributed by atoms with Gasteiger partial charge in [0.15, 0.2) is 0 Å². The Morgan fingerprint density at radius 3 is 2.16 bits per heavy atom. The minimum Gasteiger partial charge on any atom is -0.550 e. The van der Waals surface area contributed by atoms with E-state index in [-0.39, 0.29) is 60.2 Å². The van der Waals surface area contributed by atoms with E-state index in [0.717, 1.165) is 22.3 Å². The molecular formula is C24H30FNaO5. The molecule has 2 rings (SSSR count). The van der Waals surface area contributed by atoms with Crippen molar-refractivity contribution in [2.45, 2.75) is 64.6 Å². The molecule has 0 aliphatic carbocycles. The first kappa shape index (κ1) is 27.6. The summed E-state index contributed by atoms with van der Waals surface area (Å²) in [6.45, 7) is 8.16. The molecule has 2 N–H and O–H groups in total. The van der Waals surface area contributed by atoms with Crippen LogP contribution in [0.1, 0.15) is 63.5 Å². The predicted molar refractivity (Wildman–Crippen MR) is 112 cm³/mol. The van der Waals surface area contributed by atoms with E-state index >= 15 is 0 Å². The van der Waals surface area contributed by atoms with Gasteiger partial charge in [0.25, 0.3) is 0 Å². The Balaban J connectivity index is 0.00000480. The molecule has 0 amide bonds. The smallest absolute Gasteiger partial charge is 0.550 e. The second-order valence-corrected chi connectivity index (χ2v) is 8.23. The first-order chi connectivity index (χ1) is 14.1. The number of carboxylic acids is 1. The van der Waals surface area contributed by atoms with Crippen LogP contribution < -0.4 is 39.4 Å². The predicted octanol–water partition coefficient (Wildman–Crippen LogP) is 0.374. The molecule has 0 aromatic heterocycles. The number of halogens is 1. The fraction of sp³-hybridized carbons (Fsp3) is 0.458. The number of carbonyl (C=O) groups is 1. The first-order valence-electron chi connectivity index (χ1n) is 10.2. The minimum atomic E-state index is -1.37. The van der Waals surface area contributed by atoms with Crippen molar-refractivity contribution in [1.29, 1.82) is 0 Å². The Kier molecular flexibility index (Phi) is 11.2. The van der Waals surface area contributed by atoms with Crippen molar-refractivity contribution in [3.63, 3.8) is 0 Å². The molecule has 0 saturated carbocycles. The Morgan fingerprint density at radius 1 is 1.03 bits per heavy atom. The van der Waals surface area contributed by atoms with Crippen LogP contribution in [0.15, 0.2) is 36.4 Å². The van der Waals surface area contributed by atoms with Gasteiger partial charge in [0.05, 0.1) is 12.2 Å². The normalized spacial score (nSPS) is 13.1. The van der Waals surface area contributed by atoms with Crippen molar-refractivity contribution in [2.75, 3.05) is 6.61 Å². The van der Waals surface area contributed by atoms with Crippen LogP contribution in [0.3, 0.4) is 0 Å². The van der Waals surface area contributed by atoms with Crippen LogP contribution in [0.5, 0.6) is 5.75 Å². The molecule has 2 atom stereocenters. The van der Waals surface area contributed by atoms with E-state index < -0.39 is 24.6 Å². The van der Waals surface area contributed by atoms with Gasteiger partial charge in [-0.1, -0.05) is 45.9 Å². The topological polar surface area (TPSA) is 89.8 Å². The van der Waals surface area contributed by atoms with E-state index in [1.54, 1.807) is 12.1 Å². The van der Waals surface area contributed by atoms with E-state index in [2.05, 4.69) is 19.9 Å². The molecule has 0 radical (unpaired) electrons. The summed E-state index contributed by atoms with van der Waals surface area (Å²) in [5, 5.41) is 30.5. The van der Waals surface area contributed by atoms with Gasteiger partial charge >= 0.3 is 29.6 Å². The van der Waals surface area contributed by atoms with Crippen LogP contribution in [-0.4, -0.2) is 35.0 Å². The molecule has 0 unspecified atom stereocenters. The van der Waals surface area contributed by atoms with E-state index in [1.165, 1.54) is 12.1 Å². The molecule has 0 heterocycles. The molecular weight excluding hydrogens is 410 g/mol. The van der Waals surface area contributed by atoms with E-state index in [1.807, 2.05) is 19.9 Å². The molecule has 7 heteroatoms. The zero-order valence-corrected chi connectivity index (χ0v) is 20.9. The van der Waals surface area contributed by atoms with Crippen LogP contribution in [-0.2, 0) is 4.79 Å². The fourth-order valence-corrected chi connectivity index (χ4v) is 3.28. The largest absolute Gasteiger partial charge is 1.00 e. The number of hydrogen-bond donors (Lipinski definition) is 2. The summed E-state index contributed by atoms with van der Waals surface area (Å²) in [6, 6.07) is 10.2. The van der Waals surface area contributed by atoms with Gasteiger partial charge in [-0.05, 0) is 46.7 Å². The van der Waals surface area contributed by atoms with Crippen molar-refractivity contribution in [3.05, 3.63) is 53.3 Å². The molecule has 31 heavy (non-hydrogen) atoms. The number of carbonyl (C=O) groups excluding carboxylic acids is 1. The molecule has 0 aliphatic heterocycles. The number of aliphatic carboxylic acids is 1. The van der Waals surface area contributed by atoms with Gasteiger partial charge in [0.2, 0.25) is 0 Å². The summed E-state index contributed by atoms with van der Waals surface area (Å²) in [7, 11) is 0. The SMILES string of the molecule is CC(C)c1cc(-c2ccc(F)cc2)c(OC[C@@H](O)C[C@@H](O)CC(=O)[O-])c(C(C)C)c1.[Na+]. The maximum absolute atomic E-state index is 13.4. The minimum absolute atomic E-state index is 0. The van der Waals surface area contributed by atoms with E-state index in [4.69, 9.17) is 4.74 Å². The average molecular weight is 440 g/mol. The number of rotatable bonds is 10. The van der Waals surface area contributed by atoms with Gasteiger partial charge < -0.3 is 24.9 Å². The maximum atomic E-state index is 13.4. The maximum Gasteiger partial charge on any atom is 1.00 e. The summed E-state index contributed by atoms with van der Waals surface area (Å²) < 4.78 is 19.4.